The third-order valence-electron chi connectivity index (χ3n) is 2.90. The molecule has 1 rings (SSSR count). The van der Waals surface area contributed by atoms with Crippen molar-refractivity contribution in [3.05, 3.63) is 23.2 Å². The number of amides is 1. The van der Waals surface area contributed by atoms with E-state index >= 15 is 0 Å². The fourth-order valence-electron chi connectivity index (χ4n) is 1.44. The molecule has 0 fully saturated rings. The third kappa shape index (κ3) is 3.62. The van der Waals surface area contributed by atoms with Crippen molar-refractivity contribution in [2.75, 3.05) is 24.3 Å². The van der Waals surface area contributed by atoms with Gasteiger partial charge in [0.1, 0.15) is 0 Å². The molecule has 1 aromatic carbocycles. The van der Waals surface area contributed by atoms with Crippen molar-refractivity contribution in [3.63, 3.8) is 0 Å². The number of hydrogen-bond acceptors (Lipinski definition) is 3. The molecule has 0 radical (unpaired) electrons. The monoisotopic (exact) mass is 269 g/mol. The molecule has 18 heavy (non-hydrogen) atoms. The van der Waals surface area contributed by atoms with Crippen LogP contribution in [0.25, 0.3) is 0 Å². The Labute approximate surface area is 113 Å². The van der Waals surface area contributed by atoms with Crippen molar-refractivity contribution < 1.29 is 4.79 Å². The summed E-state index contributed by atoms with van der Waals surface area (Å²) in [5, 5.41) is 3.41. The Morgan fingerprint density at radius 2 is 2.00 bits per heavy atom. The molecular weight excluding hydrogens is 250 g/mol. The molecule has 1 aromatic rings. The van der Waals surface area contributed by atoms with Gasteiger partial charge >= 0.3 is 0 Å². The van der Waals surface area contributed by atoms with E-state index in [0.717, 1.165) is 5.69 Å². The highest BCUT2D eigenvalue weighted by atomic mass is 35.5. The van der Waals surface area contributed by atoms with E-state index in [-0.39, 0.29) is 17.9 Å². The molecule has 1 amide bonds. The van der Waals surface area contributed by atoms with Crippen LogP contribution in [0.15, 0.2) is 18.2 Å². The number of nitrogens with zero attached hydrogens (tertiary/aromatic N) is 1. The second kappa shape index (κ2) is 6.07. The number of carbonyl (C=O) groups is 1. The molecule has 3 N–H and O–H groups in total. The predicted octanol–water partition coefficient (Wildman–Crippen LogP) is 2.33. The van der Waals surface area contributed by atoms with Gasteiger partial charge in [-0.1, -0.05) is 18.5 Å². The molecule has 2 unspecified atom stereocenters. The Hall–Kier alpha value is -1.26. The quantitative estimate of drug-likeness (QED) is 0.882. The van der Waals surface area contributed by atoms with Gasteiger partial charge < -0.3 is 16.0 Å². The summed E-state index contributed by atoms with van der Waals surface area (Å²) < 4.78 is 0. The fourth-order valence-corrected chi connectivity index (χ4v) is 1.79. The van der Waals surface area contributed by atoms with Gasteiger partial charge in [-0.2, -0.15) is 0 Å². The van der Waals surface area contributed by atoms with Gasteiger partial charge in [0, 0.05) is 25.8 Å². The number of anilines is 2. The summed E-state index contributed by atoms with van der Waals surface area (Å²) >= 11 is 6.13. The Kier molecular flexibility index (Phi) is 4.99. The fraction of sp³-hybridized carbons (Fsp3) is 0.462. The topological polar surface area (TPSA) is 58.4 Å². The maximum absolute atomic E-state index is 11.8. The predicted molar refractivity (Wildman–Crippen MR) is 77.2 cm³/mol. The van der Waals surface area contributed by atoms with E-state index in [1.807, 2.05) is 38.1 Å². The first-order valence-electron chi connectivity index (χ1n) is 5.86. The van der Waals surface area contributed by atoms with E-state index in [9.17, 15) is 4.79 Å². The van der Waals surface area contributed by atoms with Crippen LogP contribution < -0.4 is 16.0 Å². The van der Waals surface area contributed by atoms with E-state index in [2.05, 4.69) is 5.32 Å². The lowest BCUT2D eigenvalue weighted by Crippen LogP contribution is -2.34. The molecule has 0 saturated carbocycles. The zero-order valence-corrected chi connectivity index (χ0v) is 12.0. The molecule has 2 atom stereocenters. The first kappa shape index (κ1) is 14.8. The summed E-state index contributed by atoms with van der Waals surface area (Å²) in [5.41, 5.74) is 7.29. The van der Waals surface area contributed by atoms with Crippen LogP contribution in [0.4, 0.5) is 11.4 Å². The van der Waals surface area contributed by atoms with Gasteiger partial charge in [-0.05, 0) is 25.1 Å². The van der Waals surface area contributed by atoms with Crippen LogP contribution in [-0.4, -0.2) is 26.0 Å². The van der Waals surface area contributed by atoms with Crippen molar-refractivity contribution >= 4 is 28.9 Å². The molecule has 4 nitrogen and oxygen atoms in total. The zero-order chi connectivity index (χ0) is 13.9. The van der Waals surface area contributed by atoms with Gasteiger partial charge in [0.2, 0.25) is 5.91 Å². The van der Waals surface area contributed by atoms with Gasteiger partial charge in [-0.25, -0.2) is 0 Å². The summed E-state index contributed by atoms with van der Waals surface area (Å²) in [6.45, 7) is 3.61. The minimum absolute atomic E-state index is 0.0985. The second-order valence-electron chi connectivity index (χ2n) is 4.70. The van der Waals surface area contributed by atoms with Gasteiger partial charge in [0.15, 0.2) is 0 Å². The molecule has 0 aromatic heterocycles. The van der Waals surface area contributed by atoms with Gasteiger partial charge in [-0.3, -0.25) is 4.79 Å². The van der Waals surface area contributed by atoms with Gasteiger partial charge in [-0.15, -0.1) is 0 Å². The highest BCUT2D eigenvalue weighted by Crippen LogP contribution is 2.27. The Bertz CT molecular complexity index is 432. The molecule has 0 aliphatic carbocycles. The largest absolute Gasteiger partial charge is 0.376 e. The van der Waals surface area contributed by atoms with Crippen LogP contribution in [0.2, 0.25) is 5.02 Å². The number of halogens is 1. The van der Waals surface area contributed by atoms with Crippen LogP contribution in [0.1, 0.15) is 13.8 Å². The number of hydrogen-bond donors (Lipinski definition) is 2. The first-order chi connectivity index (χ1) is 8.32. The lowest BCUT2D eigenvalue weighted by molar-refractivity contribution is -0.119. The first-order valence-corrected chi connectivity index (χ1v) is 6.24. The van der Waals surface area contributed by atoms with E-state index < -0.39 is 0 Å². The summed E-state index contributed by atoms with van der Waals surface area (Å²) in [6, 6.07) is 5.26. The SMILES string of the molecule is CC(N)C(C)C(=O)Nc1ccc(N(C)C)c(Cl)c1. The maximum atomic E-state index is 11.8. The molecule has 0 saturated heterocycles. The van der Waals surface area contributed by atoms with Crippen molar-refractivity contribution in [1.29, 1.82) is 0 Å². The van der Waals surface area contributed by atoms with Crippen LogP contribution in [0.3, 0.4) is 0 Å². The van der Waals surface area contributed by atoms with Crippen LogP contribution in [-0.2, 0) is 4.79 Å². The Morgan fingerprint density at radius 1 is 1.39 bits per heavy atom. The average Bonchev–Trinajstić information content (AvgIpc) is 2.27. The number of benzene rings is 1. The summed E-state index contributed by atoms with van der Waals surface area (Å²) in [6.07, 6.45) is 0. The van der Waals surface area contributed by atoms with Crippen molar-refractivity contribution in [1.82, 2.24) is 0 Å². The number of carbonyl (C=O) groups excluding carboxylic acids is 1. The summed E-state index contributed by atoms with van der Waals surface area (Å²) in [7, 11) is 3.83. The number of nitrogens with two attached hydrogens (primary N) is 1. The molecule has 0 bridgehead atoms. The van der Waals surface area contributed by atoms with Crippen molar-refractivity contribution in [2.24, 2.45) is 11.7 Å². The lowest BCUT2D eigenvalue weighted by Gasteiger charge is -2.17. The average molecular weight is 270 g/mol. The molecule has 0 aliphatic heterocycles. The normalized spacial score (nSPS) is 13.9. The molecule has 5 heteroatoms. The van der Waals surface area contributed by atoms with Crippen LogP contribution in [0, 0.1) is 5.92 Å². The van der Waals surface area contributed by atoms with E-state index in [1.165, 1.54) is 0 Å². The van der Waals surface area contributed by atoms with Crippen LogP contribution in [0.5, 0.6) is 0 Å². The highest BCUT2D eigenvalue weighted by molar-refractivity contribution is 6.33. The summed E-state index contributed by atoms with van der Waals surface area (Å²) in [5.74, 6) is -0.337. The Morgan fingerprint density at radius 3 is 2.44 bits per heavy atom. The minimum atomic E-state index is -0.239. The van der Waals surface area contributed by atoms with E-state index in [0.29, 0.717) is 10.7 Å². The van der Waals surface area contributed by atoms with Crippen molar-refractivity contribution in [2.45, 2.75) is 19.9 Å². The lowest BCUT2D eigenvalue weighted by atomic mass is 10.0. The second-order valence-corrected chi connectivity index (χ2v) is 5.10. The highest BCUT2D eigenvalue weighted by Gasteiger charge is 2.17. The molecular formula is C13H20ClN3O. The molecule has 100 valence electrons. The minimum Gasteiger partial charge on any atom is -0.376 e. The van der Waals surface area contributed by atoms with Crippen LogP contribution >= 0.6 is 11.6 Å². The summed E-state index contributed by atoms with van der Waals surface area (Å²) in [4.78, 5) is 13.8. The van der Waals surface area contributed by atoms with E-state index in [4.69, 9.17) is 17.3 Å². The number of rotatable bonds is 4. The zero-order valence-electron chi connectivity index (χ0n) is 11.2. The molecule has 0 aliphatic rings. The number of nitrogens with one attached hydrogen (secondary N) is 1. The Balaban J connectivity index is 2.81. The maximum Gasteiger partial charge on any atom is 0.228 e. The molecule has 0 heterocycles. The molecule has 0 spiro atoms. The van der Waals surface area contributed by atoms with Gasteiger partial charge in [0.05, 0.1) is 16.6 Å². The van der Waals surface area contributed by atoms with Gasteiger partial charge in [0.25, 0.3) is 0 Å². The third-order valence-corrected chi connectivity index (χ3v) is 3.20. The van der Waals surface area contributed by atoms with Crippen molar-refractivity contribution in [3.8, 4) is 0 Å². The van der Waals surface area contributed by atoms with E-state index in [1.54, 1.807) is 13.0 Å². The smallest absolute Gasteiger partial charge is 0.228 e. The standard InChI is InChI=1S/C13H20ClN3O/c1-8(9(2)15)13(18)16-10-5-6-12(17(3)4)11(14)7-10/h5-9H,15H2,1-4H3,(H,16,18).